The van der Waals surface area contributed by atoms with Crippen molar-refractivity contribution in [2.45, 2.75) is 0 Å². The molecule has 4 aromatic heterocycles. The van der Waals surface area contributed by atoms with E-state index < -0.39 is 9.85 Å². The molecule has 0 bridgehead atoms. The van der Waals surface area contributed by atoms with Crippen molar-refractivity contribution in [1.29, 1.82) is 0 Å². The molecular formula is C28H20N8O6. The van der Waals surface area contributed by atoms with Crippen LogP contribution < -0.4 is 11.1 Å². The van der Waals surface area contributed by atoms with E-state index in [-0.39, 0.29) is 22.5 Å². The SMILES string of the molecule is O=c1cc(-c2cccc([N+](=O)[O-])c2)[nH]n1-c1ccccn1.O=c1cc(-c2cccc([N+](=O)[O-])c2)[nH]n1-c1ccccn1. The smallest absolute Gasteiger partial charge is 0.273 e. The van der Waals surface area contributed by atoms with Crippen molar-refractivity contribution in [2.75, 3.05) is 0 Å². The second kappa shape index (κ2) is 11.7. The molecule has 0 saturated heterocycles. The lowest BCUT2D eigenvalue weighted by Gasteiger charge is -2.01. The van der Waals surface area contributed by atoms with Gasteiger partial charge in [-0.25, -0.2) is 19.3 Å². The summed E-state index contributed by atoms with van der Waals surface area (Å²) in [4.78, 5) is 52.8. The number of nitro groups is 2. The van der Waals surface area contributed by atoms with E-state index >= 15 is 0 Å². The van der Waals surface area contributed by atoms with E-state index in [1.165, 1.54) is 45.8 Å². The zero-order chi connectivity index (χ0) is 29.6. The Morgan fingerprint density at radius 3 is 1.36 bits per heavy atom. The molecule has 0 aliphatic rings. The molecule has 0 spiro atoms. The lowest BCUT2D eigenvalue weighted by Crippen LogP contribution is -2.14. The van der Waals surface area contributed by atoms with Crippen LogP contribution in [-0.4, -0.2) is 39.4 Å². The van der Waals surface area contributed by atoms with Crippen molar-refractivity contribution in [3.8, 4) is 34.2 Å². The lowest BCUT2D eigenvalue weighted by molar-refractivity contribution is -0.385. The van der Waals surface area contributed by atoms with E-state index in [1.807, 2.05) is 0 Å². The molecule has 0 unspecified atom stereocenters. The van der Waals surface area contributed by atoms with Gasteiger partial charge in [0, 0.05) is 59.9 Å². The molecule has 0 aliphatic heterocycles. The molecule has 208 valence electrons. The third-order valence-electron chi connectivity index (χ3n) is 5.93. The van der Waals surface area contributed by atoms with Gasteiger partial charge < -0.3 is 0 Å². The topological polar surface area (TPSA) is 188 Å². The standard InChI is InChI=1S/2C14H10N4O3/c2*19-14-9-12(10-4-3-5-11(8-10)18(20)21)16-17(14)13-6-1-2-7-15-13/h2*1-9,16H. The zero-order valence-corrected chi connectivity index (χ0v) is 21.5. The molecule has 0 fully saturated rings. The van der Waals surface area contributed by atoms with Gasteiger partial charge in [0.25, 0.3) is 22.5 Å². The lowest BCUT2D eigenvalue weighted by atomic mass is 10.1. The highest BCUT2D eigenvalue weighted by atomic mass is 16.6. The fourth-order valence-corrected chi connectivity index (χ4v) is 3.97. The number of aromatic amines is 2. The number of nitrogens with one attached hydrogen (secondary N) is 2. The first-order valence-corrected chi connectivity index (χ1v) is 12.3. The van der Waals surface area contributed by atoms with Gasteiger partial charge in [-0.3, -0.25) is 40.0 Å². The van der Waals surface area contributed by atoms with Crippen LogP contribution in [0.2, 0.25) is 0 Å². The molecule has 6 aromatic rings. The minimum atomic E-state index is -0.475. The number of benzene rings is 2. The largest absolute Gasteiger partial charge is 0.289 e. The number of rotatable bonds is 6. The van der Waals surface area contributed by atoms with Crippen molar-refractivity contribution in [3.05, 3.63) is 150 Å². The summed E-state index contributed by atoms with van der Waals surface area (Å²) in [5.74, 6) is 0.915. The van der Waals surface area contributed by atoms with Crippen molar-refractivity contribution >= 4 is 11.4 Å². The van der Waals surface area contributed by atoms with E-state index in [0.717, 1.165) is 0 Å². The number of aromatic nitrogens is 6. The number of nitro benzene ring substituents is 2. The van der Waals surface area contributed by atoms with Gasteiger partial charge in [-0.1, -0.05) is 36.4 Å². The van der Waals surface area contributed by atoms with Crippen LogP contribution in [0.1, 0.15) is 0 Å². The summed E-state index contributed by atoms with van der Waals surface area (Å²) in [7, 11) is 0. The molecule has 0 saturated carbocycles. The normalized spacial score (nSPS) is 10.5. The van der Waals surface area contributed by atoms with Gasteiger partial charge in [0.15, 0.2) is 11.6 Å². The van der Waals surface area contributed by atoms with E-state index in [2.05, 4.69) is 20.2 Å². The van der Waals surface area contributed by atoms with Crippen LogP contribution in [0.3, 0.4) is 0 Å². The van der Waals surface area contributed by atoms with Crippen LogP contribution in [0.15, 0.2) is 119 Å². The maximum atomic E-state index is 12.0. The van der Waals surface area contributed by atoms with Crippen molar-refractivity contribution < 1.29 is 9.85 Å². The predicted molar refractivity (Wildman–Crippen MR) is 153 cm³/mol. The quantitative estimate of drug-likeness (QED) is 0.221. The summed E-state index contributed by atoms with van der Waals surface area (Å²) in [5, 5.41) is 27.4. The number of non-ortho nitro benzene ring substituents is 2. The summed E-state index contributed by atoms with van der Waals surface area (Å²) in [6.45, 7) is 0. The van der Waals surface area contributed by atoms with Crippen molar-refractivity contribution in [2.24, 2.45) is 0 Å². The Bertz CT molecular complexity index is 1850. The molecule has 2 aromatic carbocycles. The number of hydrogen-bond donors (Lipinski definition) is 2. The molecule has 0 radical (unpaired) electrons. The summed E-state index contributed by atoms with van der Waals surface area (Å²) in [6.07, 6.45) is 3.16. The third-order valence-corrected chi connectivity index (χ3v) is 5.93. The van der Waals surface area contributed by atoms with Crippen LogP contribution in [0.25, 0.3) is 34.2 Å². The zero-order valence-electron chi connectivity index (χ0n) is 21.5. The molecule has 0 atom stereocenters. The van der Waals surface area contributed by atoms with Gasteiger partial charge >= 0.3 is 0 Å². The highest BCUT2D eigenvalue weighted by Crippen LogP contribution is 2.22. The Kier molecular flexibility index (Phi) is 7.59. The molecule has 14 heteroatoms. The molecule has 14 nitrogen and oxygen atoms in total. The second-order valence-electron chi connectivity index (χ2n) is 8.68. The third kappa shape index (κ3) is 5.91. The van der Waals surface area contributed by atoms with Gasteiger partial charge in [-0.05, 0) is 24.3 Å². The van der Waals surface area contributed by atoms with Gasteiger partial charge in [0.1, 0.15) is 0 Å². The van der Waals surface area contributed by atoms with Crippen LogP contribution >= 0.6 is 0 Å². The summed E-state index contributed by atoms with van der Waals surface area (Å²) in [6, 6.07) is 25.3. The van der Waals surface area contributed by atoms with Crippen molar-refractivity contribution in [3.63, 3.8) is 0 Å². The average Bonchev–Trinajstić information content (AvgIpc) is 3.61. The average molecular weight is 565 g/mol. The minimum absolute atomic E-state index is 0.0288. The monoisotopic (exact) mass is 564 g/mol. The maximum absolute atomic E-state index is 12.0. The highest BCUT2D eigenvalue weighted by molar-refractivity contribution is 5.63. The Labute approximate surface area is 235 Å². The fraction of sp³-hybridized carbons (Fsp3) is 0. The molecule has 42 heavy (non-hydrogen) atoms. The number of pyridine rings is 2. The second-order valence-corrected chi connectivity index (χ2v) is 8.68. The first-order valence-electron chi connectivity index (χ1n) is 12.3. The van der Waals surface area contributed by atoms with Gasteiger partial charge in [-0.15, -0.1) is 0 Å². The number of nitrogens with zero attached hydrogens (tertiary/aromatic N) is 6. The molecule has 0 amide bonds. The Morgan fingerprint density at radius 2 is 1.00 bits per heavy atom. The van der Waals surface area contributed by atoms with Gasteiger partial charge in [-0.2, -0.15) is 0 Å². The highest BCUT2D eigenvalue weighted by Gasteiger charge is 2.12. The van der Waals surface area contributed by atoms with Crippen LogP contribution in [0.4, 0.5) is 11.4 Å². The van der Waals surface area contributed by atoms with E-state index in [0.29, 0.717) is 34.2 Å². The molecule has 4 heterocycles. The molecular weight excluding hydrogens is 544 g/mol. The molecule has 2 N–H and O–H groups in total. The van der Waals surface area contributed by atoms with Crippen LogP contribution in [0, 0.1) is 20.2 Å². The summed E-state index contributed by atoms with van der Waals surface area (Å²) < 4.78 is 2.57. The first kappa shape index (κ1) is 27.1. The van der Waals surface area contributed by atoms with Crippen LogP contribution in [0.5, 0.6) is 0 Å². The van der Waals surface area contributed by atoms with Gasteiger partial charge in [0.05, 0.1) is 21.2 Å². The Balaban J connectivity index is 0.000000168. The predicted octanol–water partition coefficient (Wildman–Crippen LogP) is 4.27. The first-order chi connectivity index (χ1) is 20.3. The minimum Gasteiger partial charge on any atom is -0.289 e. The summed E-state index contributed by atoms with van der Waals surface area (Å²) >= 11 is 0. The number of H-pyrrole nitrogens is 2. The Hall–Kier alpha value is -6.44. The van der Waals surface area contributed by atoms with E-state index in [9.17, 15) is 29.8 Å². The van der Waals surface area contributed by atoms with Crippen molar-refractivity contribution in [1.82, 2.24) is 29.5 Å². The van der Waals surface area contributed by atoms with Gasteiger partial charge in [0.2, 0.25) is 0 Å². The van der Waals surface area contributed by atoms with E-state index in [4.69, 9.17) is 0 Å². The number of hydrogen-bond acceptors (Lipinski definition) is 8. The fourth-order valence-electron chi connectivity index (χ4n) is 3.97. The van der Waals surface area contributed by atoms with Crippen LogP contribution in [-0.2, 0) is 0 Å². The molecule has 0 aliphatic carbocycles. The maximum Gasteiger partial charge on any atom is 0.273 e. The summed E-state index contributed by atoms with van der Waals surface area (Å²) in [5.41, 5.74) is 1.50. The van der Waals surface area contributed by atoms with E-state index in [1.54, 1.807) is 73.1 Å². The Morgan fingerprint density at radius 1 is 0.571 bits per heavy atom. The molecule has 6 rings (SSSR count).